The van der Waals surface area contributed by atoms with Gasteiger partial charge in [-0.25, -0.2) is 0 Å². The van der Waals surface area contributed by atoms with E-state index in [1.54, 1.807) is 0 Å². The molecule has 0 amide bonds. The van der Waals surface area contributed by atoms with Gasteiger partial charge in [0.25, 0.3) is 0 Å². The molecule has 0 aliphatic rings. The molecule has 0 N–H and O–H groups in total. The van der Waals surface area contributed by atoms with Crippen LogP contribution >= 0.6 is 45.2 Å². The van der Waals surface area contributed by atoms with Crippen molar-refractivity contribution in [3.63, 3.8) is 0 Å². The summed E-state index contributed by atoms with van der Waals surface area (Å²) in [6.07, 6.45) is 2.66. The Balaban J connectivity index is 3.82. The Bertz CT molecular complexity index is 49.8. The lowest BCUT2D eigenvalue weighted by molar-refractivity contribution is 0.369. The number of alkyl halides is 2. The van der Waals surface area contributed by atoms with Gasteiger partial charge >= 0.3 is 0 Å². The van der Waals surface area contributed by atoms with Crippen LogP contribution in [0.25, 0.3) is 0 Å². The van der Waals surface area contributed by atoms with Crippen LogP contribution in [0, 0.1) is 5.41 Å². The molecule has 0 bridgehead atoms. The first-order chi connectivity index (χ1) is 4.24. The summed E-state index contributed by atoms with van der Waals surface area (Å²) in [4.78, 5) is 0. The number of hydrogen-bond donors (Lipinski definition) is 0. The van der Waals surface area contributed by atoms with E-state index >= 15 is 0 Å². The molecule has 56 valence electrons. The fraction of sp³-hybridized carbons (Fsp3) is 1.00. The third-order valence-corrected chi connectivity index (χ3v) is 5.30. The number of hydrogen-bond acceptors (Lipinski definition) is 0. The van der Waals surface area contributed by atoms with E-state index in [9.17, 15) is 0 Å². The van der Waals surface area contributed by atoms with Gasteiger partial charge in [0.2, 0.25) is 0 Å². The van der Waals surface area contributed by atoms with Crippen molar-refractivity contribution < 1.29 is 0 Å². The monoisotopic (exact) mass is 352 g/mol. The first-order valence-corrected chi connectivity index (χ1v) is 6.41. The van der Waals surface area contributed by atoms with E-state index in [0.29, 0.717) is 5.41 Å². The summed E-state index contributed by atoms with van der Waals surface area (Å²) in [7, 11) is 0. The smallest absolute Gasteiger partial charge is 0.00591 e. The second kappa shape index (κ2) is 5.16. The summed E-state index contributed by atoms with van der Waals surface area (Å²) in [6.45, 7) is 4.58. The van der Waals surface area contributed by atoms with E-state index in [1.165, 1.54) is 21.7 Å². The standard InChI is InChI=1S/C7H14I2/c1-3-7(4-2,5-8)6-9/h3-6H2,1-2H3. The second-order valence-electron chi connectivity index (χ2n) is 2.47. The first kappa shape index (κ1) is 10.5. The molecule has 0 unspecified atom stereocenters. The molecule has 0 spiro atoms. The van der Waals surface area contributed by atoms with Crippen LogP contribution < -0.4 is 0 Å². The summed E-state index contributed by atoms with van der Waals surface area (Å²) in [5.41, 5.74) is 0.640. The van der Waals surface area contributed by atoms with Crippen molar-refractivity contribution in [3.05, 3.63) is 0 Å². The third-order valence-electron chi connectivity index (χ3n) is 2.07. The van der Waals surface area contributed by atoms with Gasteiger partial charge in [-0.1, -0.05) is 59.0 Å². The normalized spacial score (nSPS) is 12.0. The summed E-state index contributed by atoms with van der Waals surface area (Å²) >= 11 is 5.00. The zero-order valence-corrected chi connectivity index (χ0v) is 10.4. The molecule has 0 aromatic heterocycles. The summed E-state index contributed by atoms with van der Waals surface area (Å²) in [6, 6.07) is 0. The van der Waals surface area contributed by atoms with Crippen molar-refractivity contribution >= 4 is 45.2 Å². The fourth-order valence-corrected chi connectivity index (χ4v) is 4.39. The van der Waals surface area contributed by atoms with Crippen molar-refractivity contribution in [3.8, 4) is 0 Å². The lowest BCUT2D eigenvalue weighted by atomic mass is 9.87. The average Bonchev–Trinajstić information content (AvgIpc) is 1.95. The van der Waals surface area contributed by atoms with Crippen LogP contribution in [0.3, 0.4) is 0 Å². The van der Waals surface area contributed by atoms with Crippen LogP contribution in [0.4, 0.5) is 0 Å². The maximum Gasteiger partial charge on any atom is 0.00591 e. The van der Waals surface area contributed by atoms with Gasteiger partial charge in [0.1, 0.15) is 0 Å². The van der Waals surface area contributed by atoms with Crippen molar-refractivity contribution in [1.82, 2.24) is 0 Å². The first-order valence-electron chi connectivity index (χ1n) is 3.36. The highest BCUT2D eigenvalue weighted by Gasteiger charge is 2.22. The Morgan fingerprint density at radius 3 is 1.33 bits per heavy atom. The van der Waals surface area contributed by atoms with E-state index in [0.717, 1.165) is 0 Å². The zero-order valence-electron chi connectivity index (χ0n) is 6.08. The van der Waals surface area contributed by atoms with Crippen LogP contribution in [0.1, 0.15) is 26.7 Å². The molecule has 0 aromatic carbocycles. The molecule has 0 saturated heterocycles. The molecule has 0 atom stereocenters. The zero-order chi connectivity index (χ0) is 7.33. The molecule has 0 saturated carbocycles. The van der Waals surface area contributed by atoms with Crippen molar-refractivity contribution in [2.75, 3.05) is 8.86 Å². The molecule has 0 radical (unpaired) electrons. The van der Waals surface area contributed by atoms with Crippen molar-refractivity contribution in [2.45, 2.75) is 26.7 Å². The SMILES string of the molecule is CCC(CC)(CI)CI. The molecule has 0 fully saturated rings. The van der Waals surface area contributed by atoms with Gasteiger partial charge in [0.05, 0.1) is 0 Å². The Morgan fingerprint density at radius 1 is 1.00 bits per heavy atom. The van der Waals surface area contributed by atoms with Crippen LogP contribution in [0.5, 0.6) is 0 Å². The van der Waals surface area contributed by atoms with Crippen LogP contribution in [0.15, 0.2) is 0 Å². The van der Waals surface area contributed by atoms with E-state index in [-0.39, 0.29) is 0 Å². The predicted molar refractivity (Wildman–Crippen MR) is 60.8 cm³/mol. The van der Waals surface area contributed by atoms with Gasteiger partial charge < -0.3 is 0 Å². The van der Waals surface area contributed by atoms with E-state index in [4.69, 9.17) is 0 Å². The minimum atomic E-state index is 0.640. The molecule has 0 heterocycles. The quantitative estimate of drug-likeness (QED) is 0.535. The third kappa shape index (κ3) is 2.91. The van der Waals surface area contributed by atoms with Gasteiger partial charge in [-0.15, -0.1) is 0 Å². The van der Waals surface area contributed by atoms with Gasteiger partial charge in [-0.05, 0) is 18.3 Å². The maximum atomic E-state index is 2.50. The van der Waals surface area contributed by atoms with E-state index in [2.05, 4.69) is 59.0 Å². The highest BCUT2D eigenvalue weighted by molar-refractivity contribution is 14.1. The molecule has 9 heavy (non-hydrogen) atoms. The van der Waals surface area contributed by atoms with E-state index < -0.39 is 0 Å². The number of rotatable bonds is 4. The minimum absolute atomic E-state index is 0.640. The Kier molecular flexibility index (Phi) is 5.99. The Labute approximate surface area is 85.5 Å². The van der Waals surface area contributed by atoms with Crippen molar-refractivity contribution in [2.24, 2.45) is 5.41 Å². The fourth-order valence-electron chi connectivity index (χ4n) is 0.664. The molecule has 0 aliphatic carbocycles. The summed E-state index contributed by atoms with van der Waals surface area (Å²) in [5.74, 6) is 0. The second-order valence-corrected chi connectivity index (χ2v) is 4.00. The van der Waals surface area contributed by atoms with Gasteiger partial charge in [0, 0.05) is 8.86 Å². The predicted octanol–water partition coefficient (Wildman–Crippen LogP) is 3.66. The molecule has 0 aliphatic heterocycles. The van der Waals surface area contributed by atoms with Gasteiger partial charge in [0.15, 0.2) is 0 Å². The highest BCUT2D eigenvalue weighted by Crippen LogP contribution is 2.30. The highest BCUT2D eigenvalue weighted by atomic mass is 127. The van der Waals surface area contributed by atoms with Crippen LogP contribution in [-0.4, -0.2) is 8.86 Å². The largest absolute Gasteiger partial charge is 0.0857 e. The molecule has 2 heteroatoms. The number of halogens is 2. The van der Waals surface area contributed by atoms with Crippen LogP contribution in [-0.2, 0) is 0 Å². The molecular formula is C7H14I2. The molecule has 0 aromatic rings. The van der Waals surface area contributed by atoms with E-state index in [1.807, 2.05) is 0 Å². The summed E-state index contributed by atoms with van der Waals surface area (Å²) in [5, 5.41) is 0. The maximum absolute atomic E-state index is 2.50. The topological polar surface area (TPSA) is 0 Å². The lowest BCUT2D eigenvalue weighted by Crippen LogP contribution is -2.21. The molecule has 0 nitrogen and oxygen atoms in total. The Morgan fingerprint density at radius 2 is 1.33 bits per heavy atom. The molecule has 0 rings (SSSR count). The van der Waals surface area contributed by atoms with Gasteiger partial charge in [-0.2, -0.15) is 0 Å². The minimum Gasteiger partial charge on any atom is -0.0857 e. The van der Waals surface area contributed by atoms with Crippen LogP contribution in [0.2, 0.25) is 0 Å². The average molecular weight is 352 g/mol. The Hall–Kier alpha value is 1.46. The molecular weight excluding hydrogens is 338 g/mol. The lowest BCUT2D eigenvalue weighted by Gasteiger charge is -2.26. The summed E-state index contributed by atoms with van der Waals surface area (Å²) < 4.78 is 2.61. The van der Waals surface area contributed by atoms with Gasteiger partial charge in [-0.3, -0.25) is 0 Å². The van der Waals surface area contributed by atoms with Crippen molar-refractivity contribution in [1.29, 1.82) is 0 Å².